The summed E-state index contributed by atoms with van der Waals surface area (Å²) in [5.41, 5.74) is 5.73. The van der Waals surface area contributed by atoms with Gasteiger partial charge in [0.1, 0.15) is 6.61 Å². The molecule has 0 unspecified atom stereocenters. The number of thiazole rings is 1. The summed E-state index contributed by atoms with van der Waals surface area (Å²) < 4.78 is 11.2. The van der Waals surface area contributed by atoms with Crippen molar-refractivity contribution in [2.45, 2.75) is 31.9 Å². The average molecular weight is 394 g/mol. The van der Waals surface area contributed by atoms with E-state index < -0.39 is 0 Å². The lowest BCUT2D eigenvalue weighted by molar-refractivity contribution is 0.0932. The molecule has 5 nitrogen and oxygen atoms in total. The summed E-state index contributed by atoms with van der Waals surface area (Å²) in [7, 11) is 1.57. The molecule has 144 valence electrons. The topological polar surface area (TPSA) is 60.5 Å². The van der Waals surface area contributed by atoms with Crippen LogP contribution in [0.3, 0.4) is 0 Å². The Kier molecular flexibility index (Phi) is 5.58. The quantitative estimate of drug-likeness (QED) is 0.667. The number of nitrogens with one attached hydrogen (secondary N) is 1. The van der Waals surface area contributed by atoms with Crippen LogP contribution in [0.2, 0.25) is 0 Å². The standard InChI is InChI=1S/C22H22N2O3S/c1-26-21-11-16(9-10-20(21)27-12-17-13-28-14-23-17)22(25)24-19-8-4-6-15-5-2-3-7-18(15)19/h2-3,5,7,9-11,13-14,19H,4,6,8,12H2,1H3,(H,24,25)/t19-/m0/s1. The molecule has 0 bridgehead atoms. The number of carbonyl (C=O) groups excluding carboxylic acids is 1. The lowest BCUT2D eigenvalue weighted by atomic mass is 9.87. The number of benzene rings is 2. The first-order valence-corrected chi connectivity index (χ1v) is 10.3. The number of methoxy groups -OCH3 is 1. The fourth-order valence-electron chi connectivity index (χ4n) is 3.53. The summed E-state index contributed by atoms with van der Waals surface area (Å²) in [5.74, 6) is 1.02. The number of hydrogen-bond donors (Lipinski definition) is 1. The third-order valence-corrected chi connectivity index (χ3v) is 5.59. The van der Waals surface area contributed by atoms with Crippen LogP contribution in [0, 0.1) is 0 Å². The maximum Gasteiger partial charge on any atom is 0.251 e. The van der Waals surface area contributed by atoms with Gasteiger partial charge in [0, 0.05) is 10.9 Å². The average Bonchev–Trinajstić information content (AvgIpc) is 3.26. The summed E-state index contributed by atoms with van der Waals surface area (Å²) in [4.78, 5) is 17.0. The Labute approximate surface area is 168 Å². The Bertz CT molecular complexity index is 956. The van der Waals surface area contributed by atoms with Crippen LogP contribution in [0.25, 0.3) is 0 Å². The highest BCUT2D eigenvalue weighted by atomic mass is 32.1. The molecular formula is C22H22N2O3S. The van der Waals surface area contributed by atoms with Crippen LogP contribution >= 0.6 is 11.3 Å². The number of ether oxygens (including phenoxy) is 2. The molecule has 4 rings (SSSR count). The van der Waals surface area contributed by atoms with E-state index in [9.17, 15) is 4.79 Å². The number of aryl methyl sites for hydroxylation is 1. The van der Waals surface area contributed by atoms with Gasteiger partial charge in [0.05, 0.1) is 24.4 Å². The van der Waals surface area contributed by atoms with Gasteiger partial charge >= 0.3 is 0 Å². The monoisotopic (exact) mass is 394 g/mol. The first kappa shape index (κ1) is 18.5. The molecule has 1 atom stereocenters. The van der Waals surface area contributed by atoms with Crippen molar-refractivity contribution in [3.05, 3.63) is 75.7 Å². The fraction of sp³-hybridized carbons (Fsp3) is 0.273. The van der Waals surface area contributed by atoms with Gasteiger partial charge in [-0.1, -0.05) is 24.3 Å². The molecule has 0 radical (unpaired) electrons. The second-order valence-electron chi connectivity index (χ2n) is 6.75. The number of carbonyl (C=O) groups is 1. The normalized spacial score (nSPS) is 15.5. The van der Waals surface area contributed by atoms with E-state index in [-0.39, 0.29) is 11.9 Å². The number of rotatable bonds is 6. The van der Waals surface area contributed by atoms with E-state index in [1.54, 1.807) is 30.8 Å². The predicted molar refractivity (Wildman–Crippen MR) is 109 cm³/mol. The second-order valence-corrected chi connectivity index (χ2v) is 7.47. The molecule has 0 saturated heterocycles. The zero-order valence-electron chi connectivity index (χ0n) is 15.7. The number of hydrogen-bond acceptors (Lipinski definition) is 5. The molecule has 1 aliphatic rings. The molecule has 1 amide bonds. The Balaban J connectivity index is 1.47. The Hall–Kier alpha value is -2.86. The fourth-order valence-corrected chi connectivity index (χ4v) is 4.08. The lowest BCUT2D eigenvalue weighted by Gasteiger charge is -2.26. The van der Waals surface area contributed by atoms with E-state index in [1.807, 2.05) is 11.4 Å². The Morgan fingerprint density at radius 1 is 1.25 bits per heavy atom. The van der Waals surface area contributed by atoms with Crippen molar-refractivity contribution in [3.63, 3.8) is 0 Å². The molecule has 1 aromatic heterocycles. The van der Waals surface area contributed by atoms with Gasteiger partial charge in [-0.3, -0.25) is 4.79 Å². The zero-order chi connectivity index (χ0) is 19.3. The van der Waals surface area contributed by atoms with Crippen LogP contribution in [-0.2, 0) is 13.0 Å². The predicted octanol–water partition coefficient (Wildman–Crippen LogP) is 4.54. The van der Waals surface area contributed by atoms with E-state index in [0.29, 0.717) is 23.7 Å². The third-order valence-electron chi connectivity index (χ3n) is 4.96. The van der Waals surface area contributed by atoms with Gasteiger partial charge in [0.2, 0.25) is 0 Å². The summed E-state index contributed by atoms with van der Waals surface area (Å²) >= 11 is 1.53. The number of amides is 1. The van der Waals surface area contributed by atoms with E-state index in [0.717, 1.165) is 25.0 Å². The number of fused-ring (bicyclic) bond motifs is 1. The van der Waals surface area contributed by atoms with Crippen molar-refractivity contribution < 1.29 is 14.3 Å². The molecule has 3 aromatic rings. The summed E-state index contributed by atoms with van der Waals surface area (Å²) in [6.45, 7) is 0.365. The molecule has 0 spiro atoms. The smallest absolute Gasteiger partial charge is 0.251 e. The molecule has 1 heterocycles. The van der Waals surface area contributed by atoms with Crippen LogP contribution in [0.4, 0.5) is 0 Å². The van der Waals surface area contributed by atoms with Gasteiger partial charge in [-0.2, -0.15) is 0 Å². The first-order valence-electron chi connectivity index (χ1n) is 9.31. The zero-order valence-corrected chi connectivity index (χ0v) is 16.5. The minimum Gasteiger partial charge on any atom is -0.493 e. The summed E-state index contributed by atoms with van der Waals surface area (Å²) in [6.07, 6.45) is 3.10. The molecule has 1 aliphatic carbocycles. The van der Waals surface area contributed by atoms with Crippen molar-refractivity contribution in [1.29, 1.82) is 0 Å². The molecule has 0 saturated carbocycles. The van der Waals surface area contributed by atoms with Crippen LogP contribution in [0.15, 0.2) is 53.4 Å². The molecule has 0 aliphatic heterocycles. The number of nitrogens with zero attached hydrogens (tertiary/aromatic N) is 1. The van der Waals surface area contributed by atoms with Gasteiger partial charge in [-0.05, 0) is 48.6 Å². The van der Waals surface area contributed by atoms with Gasteiger partial charge in [0.15, 0.2) is 11.5 Å². The molecule has 6 heteroatoms. The van der Waals surface area contributed by atoms with E-state index in [1.165, 1.54) is 22.5 Å². The highest BCUT2D eigenvalue weighted by Crippen LogP contribution is 2.31. The maximum atomic E-state index is 12.8. The molecule has 28 heavy (non-hydrogen) atoms. The van der Waals surface area contributed by atoms with Crippen LogP contribution in [0.1, 0.15) is 46.1 Å². The SMILES string of the molecule is COc1cc(C(=O)N[C@H]2CCCc3ccccc32)ccc1OCc1cscn1. The number of aromatic nitrogens is 1. The largest absolute Gasteiger partial charge is 0.493 e. The van der Waals surface area contributed by atoms with E-state index in [2.05, 4.69) is 28.5 Å². The molecular weight excluding hydrogens is 372 g/mol. The van der Waals surface area contributed by atoms with Crippen molar-refractivity contribution >= 4 is 17.2 Å². The van der Waals surface area contributed by atoms with Gasteiger partial charge in [-0.15, -0.1) is 11.3 Å². The molecule has 1 N–H and O–H groups in total. The summed E-state index contributed by atoms with van der Waals surface area (Å²) in [5, 5.41) is 5.11. The van der Waals surface area contributed by atoms with Crippen LogP contribution in [0.5, 0.6) is 11.5 Å². The second kappa shape index (κ2) is 8.44. The minimum absolute atomic E-state index is 0.0454. The molecule has 0 fully saturated rings. The first-order chi connectivity index (χ1) is 13.7. The minimum atomic E-state index is -0.106. The Morgan fingerprint density at radius 3 is 2.96 bits per heavy atom. The van der Waals surface area contributed by atoms with Crippen LogP contribution < -0.4 is 14.8 Å². The van der Waals surface area contributed by atoms with Crippen LogP contribution in [-0.4, -0.2) is 18.0 Å². The molecule has 2 aromatic carbocycles. The van der Waals surface area contributed by atoms with Crippen molar-refractivity contribution in [3.8, 4) is 11.5 Å². The van der Waals surface area contributed by atoms with E-state index >= 15 is 0 Å². The highest BCUT2D eigenvalue weighted by molar-refractivity contribution is 7.07. The van der Waals surface area contributed by atoms with Crippen molar-refractivity contribution in [1.82, 2.24) is 10.3 Å². The maximum absolute atomic E-state index is 12.8. The summed E-state index contributed by atoms with van der Waals surface area (Å²) in [6, 6.07) is 13.6. The van der Waals surface area contributed by atoms with Gasteiger partial charge in [-0.25, -0.2) is 4.98 Å². The Morgan fingerprint density at radius 2 is 2.14 bits per heavy atom. The lowest BCUT2D eigenvalue weighted by Crippen LogP contribution is -2.31. The van der Waals surface area contributed by atoms with Crippen molar-refractivity contribution in [2.24, 2.45) is 0 Å². The third kappa shape index (κ3) is 4.02. The van der Waals surface area contributed by atoms with Gasteiger partial charge < -0.3 is 14.8 Å². The van der Waals surface area contributed by atoms with Gasteiger partial charge in [0.25, 0.3) is 5.91 Å². The highest BCUT2D eigenvalue weighted by Gasteiger charge is 2.22. The van der Waals surface area contributed by atoms with E-state index in [4.69, 9.17) is 9.47 Å². The van der Waals surface area contributed by atoms with Crippen molar-refractivity contribution in [2.75, 3.05) is 7.11 Å².